The van der Waals surface area contributed by atoms with Gasteiger partial charge in [-0.25, -0.2) is 4.39 Å². The fourth-order valence-electron chi connectivity index (χ4n) is 2.08. The summed E-state index contributed by atoms with van der Waals surface area (Å²) in [6.07, 6.45) is 1.13. The molecule has 0 amide bonds. The van der Waals surface area contributed by atoms with Crippen molar-refractivity contribution < 1.29 is 4.39 Å². The maximum atomic E-state index is 13.4. The van der Waals surface area contributed by atoms with Gasteiger partial charge in [-0.15, -0.1) is 11.3 Å². The molecule has 102 valence electrons. The Labute approximate surface area is 118 Å². The van der Waals surface area contributed by atoms with E-state index in [-0.39, 0.29) is 5.82 Å². The molecular formula is C16H20FNS. The second-order valence-electron chi connectivity index (χ2n) is 4.90. The number of aryl methyl sites for hydroxylation is 1. The molecule has 1 aromatic carbocycles. The quantitative estimate of drug-likeness (QED) is 0.817. The second kappa shape index (κ2) is 6.31. The molecule has 1 N–H and O–H groups in total. The number of benzene rings is 1. The van der Waals surface area contributed by atoms with Crippen LogP contribution in [0, 0.1) is 12.7 Å². The van der Waals surface area contributed by atoms with Gasteiger partial charge in [-0.05, 0) is 62.2 Å². The van der Waals surface area contributed by atoms with Gasteiger partial charge < -0.3 is 5.32 Å². The molecule has 0 saturated heterocycles. The molecule has 1 nitrogen and oxygen atoms in total. The molecule has 3 heteroatoms. The van der Waals surface area contributed by atoms with Gasteiger partial charge in [0.15, 0.2) is 0 Å². The first-order valence-corrected chi connectivity index (χ1v) is 7.52. The third kappa shape index (κ3) is 3.64. The Hall–Kier alpha value is -1.19. The van der Waals surface area contributed by atoms with E-state index >= 15 is 0 Å². The van der Waals surface area contributed by atoms with Crippen LogP contribution in [0.4, 0.5) is 4.39 Å². The summed E-state index contributed by atoms with van der Waals surface area (Å²) in [4.78, 5) is 2.42. The Morgan fingerprint density at radius 1 is 1.26 bits per heavy atom. The average molecular weight is 277 g/mol. The highest BCUT2D eigenvalue weighted by atomic mass is 32.1. The van der Waals surface area contributed by atoms with Crippen molar-refractivity contribution in [2.75, 3.05) is 6.54 Å². The summed E-state index contributed by atoms with van der Waals surface area (Å²) in [6, 6.07) is 9.76. The van der Waals surface area contributed by atoms with Crippen molar-refractivity contribution in [3.05, 3.63) is 46.6 Å². The first-order valence-electron chi connectivity index (χ1n) is 6.71. The minimum Gasteiger partial charge on any atom is -0.309 e. The van der Waals surface area contributed by atoms with E-state index in [1.165, 1.54) is 4.88 Å². The number of hydrogen-bond acceptors (Lipinski definition) is 2. The number of nitrogens with one attached hydrogen (secondary N) is 1. The number of halogens is 1. The van der Waals surface area contributed by atoms with E-state index in [4.69, 9.17) is 0 Å². The van der Waals surface area contributed by atoms with Crippen LogP contribution in [-0.2, 0) is 0 Å². The molecule has 0 bridgehead atoms. The predicted molar refractivity (Wildman–Crippen MR) is 81.2 cm³/mol. The standard InChI is InChI=1S/C16H20FNS/c1-4-7-18-12(3)15-5-6-16(19-15)13-8-11(2)9-14(17)10-13/h5-6,8-10,12,18H,4,7H2,1-3H3. The van der Waals surface area contributed by atoms with E-state index in [2.05, 4.69) is 31.3 Å². The van der Waals surface area contributed by atoms with Gasteiger partial charge in [-0.2, -0.15) is 0 Å². The molecule has 1 aromatic heterocycles. The van der Waals surface area contributed by atoms with Crippen LogP contribution in [0.1, 0.15) is 36.8 Å². The maximum Gasteiger partial charge on any atom is 0.124 e. The second-order valence-corrected chi connectivity index (χ2v) is 6.01. The van der Waals surface area contributed by atoms with Crippen molar-refractivity contribution in [2.24, 2.45) is 0 Å². The van der Waals surface area contributed by atoms with Gasteiger partial charge in [-0.1, -0.05) is 13.0 Å². The molecule has 0 fully saturated rings. The summed E-state index contributed by atoms with van der Waals surface area (Å²) in [7, 11) is 0. The molecule has 19 heavy (non-hydrogen) atoms. The molecule has 2 aromatic rings. The Kier molecular flexibility index (Phi) is 4.72. The van der Waals surface area contributed by atoms with Crippen molar-refractivity contribution in [1.82, 2.24) is 5.32 Å². The van der Waals surface area contributed by atoms with Gasteiger partial charge in [0.2, 0.25) is 0 Å². The monoisotopic (exact) mass is 277 g/mol. The Bertz CT molecular complexity index is 527. The summed E-state index contributed by atoms with van der Waals surface area (Å²) in [6.45, 7) is 7.27. The molecular weight excluding hydrogens is 257 g/mol. The summed E-state index contributed by atoms with van der Waals surface area (Å²) in [5.41, 5.74) is 1.93. The number of hydrogen-bond donors (Lipinski definition) is 1. The highest BCUT2D eigenvalue weighted by Crippen LogP contribution is 2.32. The third-order valence-corrected chi connectivity index (χ3v) is 4.40. The Morgan fingerprint density at radius 2 is 2.05 bits per heavy atom. The summed E-state index contributed by atoms with van der Waals surface area (Å²) >= 11 is 1.73. The van der Waals surface area contributed by atoms with Crippen LogP contribution in [0.5, 0.6) is 0 Å². The van der Waals surface area contributed by atoms with Crippen molar-refractivity contribution in [2.45, 2.75) is 33.2 Å². The van der Waals surface area contributed by atoms with Gasteiger partial charge in [0.05, 0.1) is 0 Å². The van der Waals surface area contributed by atoms with Crippen molar-refractivity contribution in [3.63, 3.8) is 0 Å². The summed E-state index contributed by atoms with van der Waals surface area (Å²) in [5, 5.41) is 3.47. The molecule has 1 atom stereocenters. The lowest BCUT2D eigenvalue weighted by molar-refractivity contribution is 0.578. The Morgan fingerprint density at radius 3 is 2.74 bits per heavy atom. The normalized spacial score (nSPS) is 12.6. The van der Waals surface area contributed by atoms with Crippen LogP contribution in [0.15, 0.2) is 30.3 Å². The fraction of sp³-hybridized carbons (Fsp3) is 0.375. The highest BCUT2D eigenvalue weighted by Gasteiger charge is 2.09. The van der Waals surface area contributed by atoms with Crippen molar-refractivity contribution in [1.29, 1.82) is 0 Å². The van der Waals surface area contributed by atoms with Gasteiger partial charge in [0.25, 0.3) is 0 Å². The van der Waals surface area contributed by atoms with Crippen LogP contribution >= 0.6 is 11.3 Å². The molecule has 0 aliphatic rings. The van der Waals surface area contributed by atoms with Crippen LogP contribution in [-0.4, -0.2) is 6.54 Å². The predicted octanol–water partition coefficient (Wildman–Crippen LogP) is 4.92. The first kappa shape index (κ1) is 14.2. The van der Waals surface area contributed by atoms with Crippen molar-refractivity contribution in [3.8, 4) is 10.4 Å². The minimum absolute atomic E-state index is 0.165. The maximum absolute atomic E-state index is 13.4. The minimum atomic E-state index is -0.165. The van der Waals surface area contributed by atoms with E-state index < -0.39 is 0 Å². The summed E-state index contributed by atoms with van der Waals surface area (Å²) in [5.74, 6) is -0.165. The van der Waals surface area contributed by atoms with Gasteiger partial charge in [0.1, 0.15) is 5.82 Å². The molecule has 0 spiro atoms. The van der Waals surface area contributed by atoms with Crippen LogP contribution in [0.2, 0.25) is 0 Å². The number of thiophene rings is 1. The lowest BCUT2D eigenvalue weighted by atomic mass is 10.1. The molecule has 1 unspecified atom stereocenters. The van der Waals surface area contributed by atoms with E-state index in [0.717, 1.165) is 29.0 Å². The molecule has 0 radical (unpaired) electrons. The molecule has 1 heterocycles. The smallest absolute Gasteiger partial charge is 0.124 e. The topological polar surface area (TPSA) is 12.0 Å². The van der Waals surface area contributed by atoms with Gasteiger partial charge in [0, 0.05) is 15.8 Å². The van der Waals surface area contributed by atoms with E-state index in [1.807, 2.05) is 13.0 Å². The van der Waals surface area contributed by atoms with Gasteiger partial charge in [-0.3, -0.25) is 0 Å². The van der Waals surface area contributed by atoms with Crippen LogP contribution in [0.3, 0.4) is 0 Å². The number of rotatable bonds is 5. The molecule has 0 aliphatic heterocycles. The lowest BCUT2D eigenvalue weighted by Gasteiger charge is -2.10. The summed E-state index contributed by atoms with van der Waals surface area (Å²) < 4.78 is 13.4. The third-order valence-electron chi connectivity index (χ3n) is 3.08. The zero-order chi connectivity index (χ0) is 13.8. The van der Waals surface area contributed by atoms with Crippen molar-refractivity contribution >= 4 is 11.3 Å². The molecule has 2 rings (SSSR count). The fourth-order valence-corrected chi connectivity index (χ4v) is 3.10. The first-order chi connectivity index (χ1) is 9.10. The zero-order valence-corrected chi connectivity index (χ0v) is 12.5. The van der Waals surface area contributed by atoms with E-state index in [1.54, 1.807) is 23.5 Å². The largest absolute Gasteiger partial charge is 0.309 e. The van der Waals surface area contributed by atoms with E-state index in [0.29, 0.717) is 6.04 Å². The Balaban J connectivity index is 2.20. The SMILES string of the molecule is CCCNC(C)c1ccc(-c2cc(C)cc(F)c2)s1. The molecule has 0 aliphatic carbocycles. The van der Waals surface area contributed by atoms with Gasteiger partial charge >= 0.3 is 0 Å². The average Bonchev–Trinajstić information content (AvgIpc) is 2.84. The lowest BCUT2D eigenvalue weighted by Crippen LogP contribution is -2.18. The molecule has 0 saturated carbocycles. The highest BCUT2D eigenvalue weighted by molar-refractivity contribution is 7.15. The zero-order valence-electron chi connectivity index (χ0n) is 11.7. The van der Waals surface area contributed by atoms with Crippen LogP contribution < -0.4 is 5.32 Å². The van der Waals surface area contributed by atoms with Crippen LogP contribution in [0.25, 0.3) is 10.4 Å². The van der Waals surface area contributed by atoms with E-state index in [9.17, 15) is 4.39 Å².